The Balaban J connectivity index is 1.66. The number of benzene rings is 1. The highest BCUT2D eigenvalue weighted by Crippen LogP contribution is 2.29. The number of aromatic nitrogens is 4. The number of H-pyrrole nitrogens is 1. The molecule has 1 aromatic carbocycles. The van der Waals surface area contributed by atoms with Crippen LogP contribution in [0, 0.1) is 0 Å². The lowest BCUT2D eigenvalue weighted by atomic mass is 10.1. The van der Waals surface area contributed by atoms with Crippen molar-refractivity contribution in [3.05, 3.63) is 81.5 Å². The summed E-state index contributed by atoms with van der Waals surface area (Å²) < 4.78 is 39.1. The second-order valence-corrected chi connectivity index (χ2v) is 7.22. The summed E-state index contributed by atoms with van der Waals surface area (Å²) >= 11 is 6.35. The zero-order valence-electron chi connectivity index (χ0n) is 16.3. The van der Waals surface area contributed by atoms with Gasteiger partial charge in [-0.15, -0.1) is 0 Å². The Labute approximate surface area is 179 Å². The molecule has 4 rings (SSSR count). The quantitative estimate of drug-likeness (QED) is 0.477. The zero-order valence-corrected chi connectivity index (χ0v) is 17.1. The van der Waals surface area contributed by atoms with Crippen LogP contribution in [0.1, 0.15) is 18.1 Å². The van der Waals surface area contributed by atoms with E-state index in [2.05, 4.69) is 15.1 Å². The van der Waals surface area contributed by atoms with Crippen molar-refractivity contribution < 1.29 is 13.2 Å². The monoisotopic (exact) mass is 447 g/mol. The molecule has 160 valence electrons. The Morgan fingerprint density at radius 2 is 1.94 bits per heavy atom. The highest BCUT2D eigenvalue weighted by atomic mass is 35.5. The molecule has 0 spiro atoms. The lowest BCUT2D eigenvalue weighted by Crippen LogP contribution is -2.28. The van der Waals surface area contributed by atoms with Gasteiger partial charge < -0.3 is 9.88 Å². The van der Waals surface area contributed by atoms with E-state index >= 15 is 0 Å². The maximum absolute atomic E-state index is 12.8. The molecular formula is C21H17ClF3N5O. The molecule has 0 saturated heterocycles. The van der Waals surface area contributed by atoms with Gasteiger partial charge in [0, 0.05) is 36.4 Å². The van der Waals surface area contributed by atoms with E-state index in [-0.39, 0.29) is 10.8 Å². The molecule has 0 unspecified atom stereocenters. The molecule has 0 aliphatic carbocycles. The van der Waals surface area contributed by atoms with Crippen molar-refractivity contribution in [2.75, 3.05) is 11.4 Å². The van der Waals surface area contributed by atoms with Gasteiger partial charge in [0.1, 0.15) is 5.02 Å². The summed E-state index contributed by atoms with van der Waals surface area (Å²) in [5, 5.41) is 5.07. The lowest BCUT2D eigenvalue weighted by molar-refractivity contribution is -0.137. The number of aromatic amines is 1. The van der Waals surface area contributed by atoms with Crippen molar-refractivity contribution in [3.63, 3.8) is 0 Å². The number of hydrogen-bond acceptors (Lipinski definition) is 4. The molecule has 0 fully saturated rings. The van der Waals surface area contributed by atoms with E-state index < -0.39 is 17.3 Å². The number of para-hydroxylation sites is 1. The van der Waals surface area contributed by atoms with Crippen molar-refractivity contribution in [2.45, 2.75) is 19.6 Å². The number of pyridine rings is 1. The molecular weight excluding hydrogens is 431 g/mol. The van der Waals surface area contributed by atoms with Crippen LogP contribution in [0.15, 0.2) is 59.8 Å². The van der Waals surface area contributed by atoms with Crippen LogP contribution in [0.4, 0.5) is 18.9 Å². The van der Waals surface area contributed by atoms with E-state index in [1.54, 1.807) is 0 Å². The van der Waals surface area contributed by atoms with E-state index in [0.29, 0.717) is 25.0 Å². The maximum Gasteiger partial charge on any atom is 0.417 e. The second kappa shape index (κ2) is 8.07. The summed E-state index contributed by atoms with van der Waals surface area (Å²) in [6.07, 6.45) is -0.542. The van der Waals surface area contributed by atoms with Gasteiger partial charge in [-0.25, -0.2) is 4.98 Å². The van der Waals surface area contributed by atoms with Crippen molar-refractivity contribution in [1.29, 1.82) is 0 Å². The Bertz CT molecular complexity index is 1280. The van der Waals surface area contributed by atoms with Crippen LogP contribution in [-0.4, -0.2) is 26.3 Å². The molecule has 0 amide bonds. The number of alkyl halides is 3. The summed E-state index contributed by atoms with van der Waals surface area (Å²) in [6, 6.07) is 9.79. The summed E-state index contributed by atoms with van der Waals surface area (Å²) in [5.74, 6) is -0.0499. The first-order valence-electron chi connectivity index (χ1n) is 9.41. The SMILES string of the molecule is CCN(Cc1c[nH]c2ccccc12)c1cnn(-c2ccc(C(F)(F)F)cn2)c(=O)c1Cl. The normalized spacial score (nSPS) is 11.8. The minimum atomic E-state index is -4.52. The van der Waals surface area contributed by atoms with Gasteiger partial charge in [0.05, 0.1) is 17.4 Å². The molecule has 1 N–H and O–H groups in total. The van der Waals surface area contributed by atoms with Crippen LogP contribution in [0.3, 0.4) is 0 Å². The van der Waals surface area contributed by atoms with Gasteiger partial charge >= 0.3 is 6.18 Å². The van der Waals surface area contributed by atoms with Gasteiger partial charge in [0.2, 0.25) is 0 Å². The standard InChI is InChI=1S/C21H17ClF3N5O/c1-2-29(12-13-9-26-16-6-4-3-5-15(13)16)17-11-28-30(20(31)19(17)22)18-8-7-14(10-27-18)21(23,24)25/h3-11,26H,2,12H2,1H3. The fourth-order valence-corrected chi connectivity index (χ4v) is 3.57. The minimum absolute atomic E-state index is 0.0499. The number of halogens is 4. The number of fused-ring (bicyclic) bond motifs is 1. The predicted molar refractivity (Wildman–Crippen MR) is 113 cm³/mol. The first-order chi connectivity index (χ1) is 14.8. The third-order valence-corrected chi connectivity index (χ3v) is 5.31. The maximum atomic E-state index is 12.8. The molecule has 6 nitrogen and oxygen atoms in total. The van der Waals surface area contributed by atoms with Gasteiger partial charge in [0.15, 0.2) is 5.82 Å². The van der Waals surface area contributed by atoms with Crippen molar-refractivity contribution in [3.8, 4) is 5.82 Å². The van der Waals surface area contributed by atoms with E-state index in [1.807, 2.05) is 42.3 Å². The Hall–Kier alpha value is -3.33. The highest BCUT2D eigenvalue weighted by molar-refractivity contribution is 6.33. The fourth-order valence-electron chi connectivity index (χ4n) is 3.32. The summed E-state index contributed by atoms with van der Waals surface area (Å²) in [5.41, 5.74) is 0.887. The van der Waals surface area contributed by atoms with Crippen LogP contribution in [0.5, 0.6) is 0 Å². The van der Waals surface area contributed by atoms with Crippen molar-refractivity contribution in [1.82, 2.24) is 19.7 Å². The number of nitrogens with zero attached hydrogens (tertiary/aromatic N) is 4. The number of rotatable bonds is 5. The topological polar surface area (TPSA) is 66.8 Å². The van der Waals surface area contributed by atoms with Gasteiger partial charge in [0.25, 0.3) is 5.56 Å². The molecule has 0 bridgehead atoms. The van der Waals surface area contributed by atoms with Crippen LogP contribution in [-0.2, 0) is 12.7 Å². The molecule has 31 heavy (non-hydrogen) atoms. The minimum Gasteiger partial charge on any atom is -0.365 e. The van der Waals surface area contributed by atoms with Gasteiger partial charge in [-0.2, -0.15) is 23.0 Å². The van der Waals surface area contributed by atoms with Gasteiger partial charge in [-0.1, -0.05) is 29.8 Å². The number of hydrogen-bond donors (Lipinski definition) is 1. The summed E-state index contributed by atoms with van der Waals surface area (Å²) in [7, 11) is 0. The van der Waals surface area contributed by atoms with Crippen LogP contribution >= 0.6 is 11.6 Å². The van der Waals surface area contributed by atoms with Crippen LogP contribution < -0.4 is 10.5 Å². The molecule has 3 aromatic heterocycles. The fraction of sp³-hybridized carbons (Fsp3) is 0.190. The Morgan fingerprint density at radius 1 is 1.16 bits per heavy atom. The van der Waals surface area contributed by atoms with Gasteiger partial charge in [-0.3, -0.25) is 4.79 Å². The molecule has 0 aliphatic heterocycles. The van der Waals surface area contributed by atoms with E-state index in [1.165, 1.54) is 6.20 Å². The average molecular weight is 448 g/mol. The molecule has 4 aromatic rings. The molecule has 10 heteroatoms. The highest BCUT2D eigenvalue weighted by Gasteiger charge is 2.30. The largest absolute Gasteiger partial charge is 0.417 e. The average Bonchev–Trinajstić information content (AvgIpc) is 3.16. The Morgan fingerprint density at radius 3 is 2.61 bits per heavy atom. The van der Waals surface area contributed by atoms with E-state index in [9.17, 15) is 18.0 Å². The lowest BCUT2D eigenvalue weighted by Gasteiger charge is -2.23. The molecule has 0 saturated carbocycles. The molecule has 3 heterocycles. The summed E-state index contributed by atoms with van der Waals surface area (Å²) in [4.78, 5) is 21.6. The van der Waals surface area contributed by atoms with Crippen LogP contribution in [0.25, 0.3) is 16.7 Å². The number of nitrogens with one attached hydrogen (secondary N) is 1. The zero-order chi connectivity index (χ0) is 22.2. The summed E-state index contributed by atoms with van der Waals surface area (Å²) in [6.45, 7) is 2.97. The van der Waals surface area contributed by atoms with Crippen molar-refractivity contribution >= 4 is 28.2 Å². The molecule has 0 aliphatic rings. The third kappa shape index (κ3) is 4.00. The first-order valence-corrected chi connectivity index (χ1v) is 9.78. The van der Waals surface area contributed by atoms with Crippen LogP contribution in [0.2, 0.25) is 5.02 Å². The smallest absolute Gasteiger partial charge is 0.365 e. The predicted octanol–water partition coefficient (Wildman–Crippen LogP) is 4.81. The first kappa shape index (κ1) is 20.9. The molecule has 0 radical (unpaired) electrons. The van der Waals surface area contributed by atoms with E-state index in [4.69, 9.17) is 11.6 Å². The molecule has 0 atom stereocenters. The van der Waals surface area contributed by atoms with Gasteiger partial charge in [-0.05, 0) is 30.7 Å². The third-order valence-electron chi connectivity index (χ3n) is 4.95. The van der Waals surface area contributed by atoms with Crippen molar-refractivity contribution in [2.24, 2.45) is 0 Å². The second-order valence-electron chi connectivity index (χ2n) is 6.84. The van der Waals surface area contributed by atoms with E-state index in [0.717, 1.165) is 33.3 Å². The number of anilines is 1. The Kier molecular flexibility index (Phi) is 5.45.